The lowest BCUT2D eigenvalue weighted by Crippen LogP contribution is -2.00. The molecule has 0 saturated carbocycles. The third-order valence-corrected chi connectivity index (χ3v) is 3.68. The monoisotopic (exact) mass is 320 g/mol. The van der Waals surface area contributed by atoms with Crippen LogP contribution in [0.25, 0.3) is 11.0 Å². The lowest BCUT2D eigenvalue weighted by Gasteiger charge is -2.01. The zero-order valence-corrected chi connectivity index (χ0v) is 12.5. The standard InChI is InChI=1S/C16H10Cl2O3/c1-20-13-4-2-3-9-7-14(21-16(9)13)15(19)11-6-5-10(17)8-12(11)18/h2-8H,1H3. The van der Waals surface area contributed by atoms with Gasteiger partial charge in [0.15, 0.2) is 17.1 Å². The maximum atomic E-state index is 12.5. The van der Waals surface area contributed by atoms with Crippen molar-refractivity contribution in [1.29, 1.82) is 0 Å². The summed E-state index contributed by atoms with van der Waals surface area (Å²) < 4.78 is 10.8. The summed E-state index contributed by atoms with van der Waals surface area (Å²) in [5.74, 6) is 0.488. The molecule has 0 fully saturated rings. The number of ether oxygens (including phenoxy) is 1. The van der Waals surface area contributed by atoms with Crippen LogP contribution in [0.15, 0.2) is 46.9 Å². The predicted molar refractivity (Wildman–Crippen MR) is 82.7 cm³/mol. The van der Waals surface area contributed by atoms with Crippen LogP contribution in [0.4, 0.5) is 0 Å². The Bertz CT molecular complexity index is 837. The minimum atomic E-state index is -0.296. The largest absolute Gasteiger partial charge is 0.493 e. The van der Waals surface area contributed by atoms with Gasteiger partial charge in [0.1, 0.15) is 0 Å². The molecule has 0 atom stereocenters. The van der Waals surface area contributed by atoms with E-state index in [-0.39, 0.29) is 11.5 Å². The van der Waals surface area contributed by atoms with Gasteiger partial charge in [-0.1, -0.05) is 35.3 Å². The molecule has 0 aliphatic heterocycles. The minimum Gasteiger partial charge on any atom is -0.493 e. The topological polar surface area (TPSA) is 39.4 Å². The highest BCUT2D eigenvalue weighted by molar-refractivity contribution is 6.37. The second-order valence-electron chi connectivity index (χ2n) is 4.44. The summed E-state index contributed by atoms with van der Waals surface area (Å²) in [5.41, 5.74) is 0.882. The highest BCUT2D eigenvalue weighted by atomic mass is 35.5. The fourth-order valence-electron chi connectivity index (χ4n) is 2.12. The Balaban J connectivity index is 2.09. The van der Waals surface area contributed by atoms with Crippen LogP contribution in [-0.4, -0.2) is 12.9 Å². The first-order valence-electron chi connectivity index (χ1n) is 6.16. The molecule has 0 unspecified atom stereocenters. The van der Waals surface area contributed by atoms with Crippen molar-refractivity contribution in [2.75, 3.05) is 7.11 Å². The second-order valence-corrected chi connectivity index (χ2v) is 5.29. The average Bonchev–Trinajstić information content (AvgIpc) is 2.90. The molecule has 3 aromatic rings. The van der Waals surface area contributed by atoms with E-state index in [2.05, 4.69) is 0 Å². The zero-order chi connectivity index (χ0) is 15.0. The third kappa shape index (κ3) is 2.50. The first-order valence-corrected chi connectivity index (χ1v) is 6.92. The molecule has 1 aromatic heterocycles. The van der Waals surface area contributed by atoms with Gasteiger partial charge in [0.05, 0.1) is 12.1 Å². The highest BCUT2D eigenvalue weighted by Crippen LogP contribution is 2.31. The summed E-state index contributed by atoms with van der Waals surface area (Å²) in [6.07, 6.45) is 0. The van der Waals surface area contributed by atoms with Gasteiger partial charge in [-0.3, -0.25) is 4.79 Å². The van der Waals surface area contributed by atoms with Gasteiger partial charge >= 0.3 is 0 Å². The van der Waals surface area contributed by atoms with Crippen LogP contribution in [0.2, 0.25) is 10.0 Å². The van der Waals surface area contributed by atoms with E-state index in [1.807, 2.05) is 12.1 Å². The van der Waals surface area contributed by atoms with Crippen molar-refractivity contribution in [2.45, 2.75) is 0 Å². The predicted octanol–water partition coefficient (Wildman–Crippen LogP) is 4.98. The van der Waals surface area contributed by atoms with Crippen LogP contribution in [0.5, 0.6) is 5.75 Å². The molecule has 0 bridgehead atoms. The number of fused-ring (bicyclic) bond motifs is 1. The number of ketones is 1. The fraction of sp³-hybridized carbons (Fsp3) is 0.0625. The second kappa shape index (κ2) is 5.43. The molecule has 0 amide bonds. The van der Waals surface area contributed by atoms with Crippen molar-refractivity contribution >= 4 is 40.0 Å². The maximum Gasteiger partial charge on any atom is 0.229 e. The van der Waals surface area contributed by atoms with Gasteiger partial charge < -0.3 is 9.15 Å². The van der Waals surface area contributed by atoms with Crippen molar-refractivity contribution < 1.29 is 13.9 Å². The van der Waals surface area contributed by atoms with E-state index in [0.717, 1.165) is 5.39 Å². The third-order valence-electron chi connectivity index (χ3n) is 3.13. The Labute approximate surface area is 131 Å². The number of hydrogen-bond acceptors (Lipinski definition) is 3. The number of hydrogen-bond donors (Lipinski definition) is 0. The Kier molecular flexibility index (Phi) is 3.62. The molecule has 5 heteroatoms. The zero-order valence-electron chi connectivity index (χ0n) is 11.0. The van der Waals surface area contributed by atoms with Crippen LogP contribution < -0.4 is 4.74 Å². The lowest BCUT2D eigenvalue weighted by molar-refractivity contribution is 0.101. The number of carbonyl (C=O) groups is 1. The summed E-state index contributed by atoms with van der Waals surface area (Å²) >= 11 is 11.9. The number of benzene rings is 2. The summed E-state index contributed by atoms with van der Waals surface area (Å²) in [5, 5.41) is 1.56. The van der Waals surface area contributed by atoms with Gasteiger partial charge in [-0.2, -0.15) is 0 Å². The Hall–Kier alpha value is -1.97. The summed E-state index contributed by atoms with van der Waals surface area (Å²) in [6.45, 7) is 0. The molecule has 21 heavy (non-hydrogen) atoms. The number of halogens is 2. The molecule has 0 N–H and O–H groups in total. The van der Waals surface area contributed by atoms with E-state index < -0.39 is 0 Å². The molecule has 0 radical (unpaired) electrons. The van der Waals surface area contributed by atoms with Crippen LogP contribution in [-0.2, 0) is 0 Å². The molecule has 3 rings (SSSR count). The van der Waals surface area contributed by atoms with E-state index in [1.54, 1.807) is 31.4 Å². The molecule has 3 nitrogen and oxygen atoms in total. The van der Waals surface area contributed by atoms with E-state index in [1.165, 1.54) is 6.07 Å². The molecular weight excluding hydrogens is 311 g/mol. The molecule has 0 spiro atoms. The van der Waals surface area contributed by atoms with E-state index in [0.29, 0.717) is 26.9 Å². The van der Waals surface area contributed by atoms with Crippen LogP contribution in [0, 0.1) is 0 Å². The lowest BCUT2D eigenvalue weighted by atomic mass is 10.1. The maximum absolute atomic E-state index is 12.5. The van der Waals surface area contributed by atoms with Gasteiger partial charge in [-0.25, -0.2) is 0 Å². The Morgan fingerprint density at radius 1 is 1.14 bits per heavy atom. The van der Waals surface area contributed by atoms with E-state index >= 15 is 0 Å². The van der Waals surface area contributed by atoms with Gasteiger partial charge in [-0.05, 0) is 30.3 Å². The molecule has 2 aromatic carbocycles. The number of carbonyl (C=O) groups excluding carboxylic acids is 1. The van der Waals surface area contributed by atoms with Crippen molar-refractivity contribution in [1.82, 2.24) is 0 Å². The minimum absolute atomic E-state index is 0.207. The Morgan fingerprint density at radius 2 is 1.95 bits per heavy atom. The normalized spacial score (nSPS) is 10.8. The van der Waals surface area contributed by atoms with Crippen molar-refractivity contribution in [2.24, 2.45) is 0 Å². The summed E-state index contributed by atoms with van der Waals surface area (Å²) in [6, 6.07) is 11.9. The van der Waals surface area contributed by atoms with Crippen LogP contribution >= 0.6 is 23.2 Å². The van der Waals surface area contributed by atoms with Gasteiger partial charge in [0.25, 0.3) is 0 Å². The van der Waals surface area contributed by atoms with Crippen molar-refractivity contribution in [3.8, 4) is 5.75 Å². The molecule has 0 aliphatic rings. The van der Waals surface area contributed by atoms with Crippen LogP contribution in [0.1, 0.15) is 16.1 Å². The van der Waals surface area contributed by atoms with Crippen LogP contribution in [0.3, 0.4) is 0 Å². The molecule has 0 saturated heterocycles. The molecule has 1 heterocycles. The number of methoxy groups -OCH3 is 1. The Morgan fingerprint density at radius 3 is 2.67 bits per heavy atom. The first-order chi connectivity index (χ1) is 10.1. The average molecular weight is 321 g/mol. The summed E-state index contributed by atoms with van der Waals surface area (Å²) in [4.78, 5) is 12.5. The fourth-order valence-corrected chi connectivity index (χ4v) is 2.61. The van der Waals surface area contributed by atoms with Crippen molar-refractivity contribution in [3.05, 3.63) is 63.8 Å². The van der Waals surface area contributed by atoms with Gasteiger partial charge in [-0.15, -0.1) is 0 Å². The molecule has 0 aliphatic carbocycles. The highest BCUT2D eigenvalue weighted by Gasteiger charge is 2.18. The molecular formula is C16H10Cl2O3. The smallest absolute Gasteiger partial charge is 0.229 e. The summed E-state index contributed by atoms with van der Waals surface area (Å²) in [7, 11) is 1.55. The first kappa shape index (κ1) is 14.0. The van der Waals surface area contributed by atoms with E-state index in [4.69, 9.17) is 32.4 Å². The SMILES string of the molecule is COc1cccc2cc(C(=O)c3ccc(Cl)cc3Cl)oc12. The quantitative estimate of drug-likeness (QED) is 0.639. The van der Waals surface area contributed by atoms with E-state index in [9.17, 15) is 4.79 Å². The number of para-hydroxylation sites is 1. The van der Waals surface area contributed by atoms with Gasteiger partial charge in [0, 0.05) is 16.0 Å². The number of rotatable bonds is 3. The molecule has 106 valence electrons. The number of furan rings is 1. The van der Waals surface area contributed by atoms with Crippen molar-refractivity contribution in [3.63, 3.8) is 0 Å². The van der Waals surface area contributed by atoms with Gasteiger partial charge in [0.2, 0.25) is 5.78 Å².